The number of benzene rings is 2. The number of carbonyl (C=O) groups excluding carboxylic acids is 1. The van der Waals surface area contributed by atoms with Gasteiger partial charge in [0.25, 0.3) is 5.91 Å². The van der Waals surface area contributed by atoms with Crippen molar-refractivity contribution in [1.29, 1.82) is 0 Å². The number of carbonyl (C=O) groups is 1. The summed E-state index contributed by atoms with van der Waals surface area (Å²) in [4.78, 5) is 12.5. The van der Waals surface area contributed by atoms with Crippen LogP contribution in [0.2, 0.25) is 5.02 Å². The fourth-order valence-corrected chi connectivity index (χ4v) is 7.80. The highest BCUT2D eigenvalue weighted by atomic mass is 35.5. The van der Waals surface area contributed by atoms with Crippen LogP contribution in [-0.2, 0) is 14.6 Å². The van der Waals surface area contributed by atoms with Gasteiger partial charge in [0.15, 0.2) is 21.5 Å². The third-order valence-corrected chi connectivity index (χ3v) is 10.3. The topological polar surface area (TPSA) is 133 Å². The van der Waals surface area contributed by atoms with Crippen LogP contribution >= 0.6 is 11.6 Å². The highest BCUT2D eigenvalue weighted by molar-refractivity contribution is 7.92. The van der Waals surface area contributed by atoms with Crippen molar-refractivity contribution in [2.24, 2.45) is 11.8 Å². The lowest BCUT2D eigenvalue weighted by Gasteiger charge is -2.42. The van der Waals surface area contributed by atoms with Crippen molar-refractivity contribution in [2.45, 2.75) is 60.6 Å². The zero-order valence-electron chi connectivity index (χ0n) is 20.6. The molecule has 208 valence electrons. The molecule has 0 heterocycles. The van der Waals surface area contributed by atoms with Crippen molar-refractivity contribution in [3.05, 3.63) is 58.6 Å². The molecule has 2 bridgehead atoms. The maximum Gasteiger partial charge on any atom is 0.255 e. The lowest BCUT2D eigenvalue weighted by Crippen LogP contribution is -2.51. The fraction of sp³-hybridized carbons (Fsp3) is 0.500. The monoisotopic (exact) mass is 573 g/mol. The van der Waals surface area contributed by atoms with Crippen LogP contribution in [0.4, 0.5) is 14.5 Å². The number of amides is 1. The molecule has 8 nitrogen and oxygen atoms in total. The molecule has 6 atom stereocenters. The molecule has 2 fully saturated rings. The molecule has 2 aromatic carbocycles. The average Bonchev–Trinajstić information content (AvgIpc) is 3.02. The molecule has 0 saturated heterocycles. The van der Waals surface area contributed by atoms with E-state index in [9.17, 15) is 37.3 Å². The molecule has 4 rings (SSSR count). The van der Waals surface area contributed by atoms with E-state index in [0.29, 0.717) is 12.8 Å². The van der Waals surface area contributed by atoms with Crippen molar-refractivity contribution in [2.75, 3.05) is 18.5 Å². The van der Waals surface area contributed by atoms with E-state index in [1.54, 1.807) is 0 Å². The lowest BCUT2D eigenvalue weighted by atomic mass is 9.75. The zero-order valence-corrected chi connectivity index (χ0v) is 22.2. The Morgan fingerprint density at radius 3 is 2.39 bits per heavy atom. The largest absolute Gasteiger partial charge is 0.391 e. The average molecular weight is 574 g/mol. The molecule has 38 heavy (non-hydrogen) atoms. The molecule has 0 spiro atoms. The minimum absolute atomic E-state index is 0.000387. The van der Waals surface area contributed by atoms with Gasteiger partial charge in [0.1, 0.15) is 6.10 Å². The van der Waals surface area contributed by atoms with E-state index in [-0.39, 0.29) is 59.1 Å². The highest BCUT2D eigenvalue weighted by Gasteiger charge is 2.56. The van der Waals surface area contributed by atoms with Crippen molar-refractivity contribution in [3.8, 4) is 0 Å². The summed E-state index contributed by atoms with van der Waals surface area (Å²) in [5.74, 6) is -3.65. The summed E-state index contributed by atoms with van der Waals surface area (Å²) in [7, 11) is -4.00. The van der Waals surface area contributed by atoms with Gasteiger partial charge < -0.3 is 25.4 Å². The Morgan fingerprint density at radius 1 is 1.13 bits per heavy atom. The number of ether oxygens (including phenoxy) is 1. The van der Waals surface area contributed by atoms with Gasteiger partial charge in [0, 0.05) is 17.3 Å². The molecule has 2 aliphatic rings. The first kappa shape index (κ1) is 28.8. The second-order valence-electron chi connectivity index (χ2n) is 10.2. The Hall–Kier alpha value is -2.15. The lowest BCUT2D eigenvalue weighted by molar-refractivity contribution is -0.129. The first-order valence-corrected chi connectivity index (χ1v) is 14.2. The number of halogens is 3. The van der Waals surface area contributed by atoms with Gasteiger partial charge in [-0.2, -0.15) is 0 Å². The summed E-state index contributed by atoms with van der Waals surface area (Å²) < 4.78 is 59.5. The number of anilines is 1. The van der Waals surface area contributed by atoms with Gasteiger partial charge in [-0.25, -0.2) is 17.2 Å². The maximum absolute atomic E-state index is 13.7. The molecule has 2 saturated carbocycles. The number of fused-ring (bicyclic) bond motifs is 2. The minimum atomic E-state index is -4.00. The van der Waals surface area contributed by atoms with E-state index in [4.69, 9.17) is 16.3 Å². The molecule has 2 aromatic rings. The molecule has 12 heteroatoms. The molecule has 0 radical (unpaired) electrons. The third-order valence-electron chi connectivity index (χ3n) is 7.67. The Bertz CT molecular complexity index is 1290. The van der Waals surface area contributed by atoms with Gasteiger partial charge in [-0.1, -0.05) is 11.6 Å². The van der Waals surface area contributed by atoms with Crippen LogP contribution in [0, 0.1) is 23.5 Å². The molecule has 0 aromatic heterocycles. The van der Waals surface area contributed by atoms with Crippen LogP contribution in [0.5, 0.6) is 0 Å². The number of nitrogens with one attached hydrogen (secondary N) is 1. The standard InChI is InChI=1S/C26H30ClF2NO7S/c1-14(31)23(32)12-37-13-26(34)16-3-4-17(26)10-19(9-16)38(35,36)24-8-15(2-6-20(24)27)25(33)30-18-5-7-21(28)22(29)11-18/h2,5-8,11,14,16-17,19,23,31-32,34H,3-4,9-10,12-13H2,1H3,(H,30,33)/t14-,16-,17?,19?,23-,26?/m0/s1. The molecule has 3 unspecified atom stereocenters. The van der Waals surface area contributed by atoms with E-state index in [1.165, 1.54) is 25.1 Å². The van der Waals surface area contributed by atoms with Gasteiger partial charge in [0.05, 0.1) is 40.1 Å². The van der Waals surface area contributed by atoms with E-state index >= 15 is 0 Å². The third kappa shape index (κ3) is 5.73. The number of aliphatic hydroxyl groups is 3. The van der Waals surface area contributed by atoms with Gasteiger partial charge in [-0.05, 0) is 74.8 Å². The van der Waals surface area contributed by atoms with Crippen LogP contribution < -0.4 is 5.32 Å². The zero-order chi connectivity index (χ0) is 27.8. The summed E-state index contributed by atoms with van der Waals surface area (Å²) in [5, 5.41) is 32.0. The maximum atomic E-state index is 13.7. The smallest absolute Gasteiger partial charge is 0.255 e. The first-order chi connectivity index (χ1) is 17.8. The van der Waals surface area contributed by atoms with Gasteiger partial charge in [0.2, 0.25) is 0 Å². The SMILES string of the molecule is C[C@H](O)[C@@H](O)COCC1(O)C2CC[C@H]1CC(S(=O)(=O)c1cc(C(=O)Nc3ccc(F)c(F)c3)ccc1Cl)C2. The van der Waals surface area contributed by atoms with Crippen molar-refractivity contribution in [3.63, 3.8) is 0 Å². The quantitative estimate of drug-likeness (QED) is 0.362. The van der Waals surface area contributed by atoms with E-state index in [1.807, 2.05) is 0 Å². The second kappa shape index (κ2) is 11.1. The number of rotatable bonds is 9. The molecule has 2 aliphatic carbocycles. The summed E-state index contributed by atoms with van der Waals surface area (Å²) in [5.41, 5.74) is -1.28. The minimum Gasteiger partial charge on any atom is -0.391 e. The molecule has 4 N–H and O–H groups in total. The van der Waals surface area contributed by atoms with Crippen LogP contribution in [0.1, 0.15) is 43.0 Å². The van der Waals surface area contributed by atoms with Gasteiger partial charge >= 0.3 is 0 Å². The summed E-state index contributed by atoms with van der Waals surface area (Å²) in [6.07, 6.45) is -0.526. The van der Waals surface area contributed by atoms with Crippen molar-refractivity contribution in [1.82, 2.24) is 0 Å². The van der Waals surface area contributed by atoms with Gasteiger partial charge in [-0.3, -0.25) is 4.79 Å². The highest BCUT2D eigenvalue weighted by Crippen LogP contribution is 2.52. The fourth-order valence-electron chi connectivity index (χ4n) is 5.40. The molecular weight excluding hydrogens is 544 g/mol. The van der Waals surface area contributed by atoms with Crippen LogP contribution in [0.3, 0.4) is 0 Å². The summed E-state index contributed by atoms with van der Waals surface area (Å²) in [6, 6.07) is 6.65. The van der Waals surface area contributed by atoms with Crippen molar-refractivity contribution < 1.29 is 42.0 Å². The number of aliphatic hydroxyl groups excluding tert-OH is 2. The predicted octanol–water partition coefficient (Wildman–Crippen LogP) is 3.32. The molecular formula is C26H30ClF2NO7S. The number of sulfone groups is 1. The Morgan fingerprint density at radius 2 is 1.79 bits per heavy atom. The predicted molar refractivity (Wildman–Crippen MR) is 136 cm³/mol. The van der Waals surface area contributed by atoms with Crippen LogP contribution in [0.15, 0.2) is 41.3 Å². The molecule has 1 amide bonds. The Labute approximate surface area is 224 Å². The number of hydrogen-bond acceptors (Lipinski definition) is 7. The summed E-state index contributed by atoms with van der Waals surface area (Å²) >= 11 is 6.26. The van der Waals surface area contributed by atoms with Gasteiger partial charge in [-0.15, -0.1) is 0 Å². The number of hydrogen-bond donors (Lipinski definition) is 4. The van der Waals surface area contributed by atoms with E-state index in [2.05, 4.69) is 5.32 Å². The Kier molecular flexibility index (Phi) is 8.46. The van der Waals surface area contributed by atoms with Crippen molar-refractivity contribution >= 4 is 33.0 Å². The van der Waals surface area contributed by atoms with E-state index in [0.717, 1.165) is 18.2 Å². The summed E-state index contributed by atoms with van der Waals surface area (Å²) in [6.45, 7) is 1.18. The first-order valence-electron chi connectivity index (χ1n) is 12.3. The molecule has 0 aliphatic heterocycles. The normalized spacial score (nSPS) is 26.7. The Balaban J connectivity index is 1.49. The van der Waals surface area contributed by atoms with Crippen LogP contribution in [-0.4, -0.2) is 65.9 Å². The van der Waals surface area contributed by atoms with Crippen LogP contribution in [0.25, 0.3) is 0 Å². The van der Waals surface area contributed by atoms with E-state index < -0.39 is 50.4 Å². The second-order valence-corrected chi connectivity index (χ2v) is 12.8.